The fourth-order valence-electron chi connectivity index (χ4n) is 1.68. The zero-order valence-electron chi connectivity index (χ0n) is 10.3. The highest BCUT2D eigenvalue weighted by Gasteiger charge is 2.26. The van der Waals surface area contributed by atoms with Gasteiger partial charge >= 0.3 is 0 Å². The van der Waals surface area contributed by atoms with Crippen molar-refractivity contribution < 1.29 is 22.8 Å². The molecule has 2 heterocycles. The Balaban J connectivity index is 2.30. The van der Waals surface area contributed by atoms with Crippen molar-refractivity contribution in [2.24, 2.45) is 5.14 Å². The molecule has 0 bridgehead atoms. The van der Waals surface area contributed by atoms with Crippen molar-refractivity contribution in [1.29, 1.82) is 0 Å². The molecular formula is C10H14N2O5S2. The molecule has 0 saturated carbocycles. The topological polar surface area (TPSA) is 98.9 Å². The van der Waals surface area contributed by atoms with Crippen LogP contribution >= 0.6 is 11.3 Å². The Morgan fingerprint density at radius 1 is 1.53 bits per heavy atom. The molecular weight excluding hydrogens is 292 g/mol. The first kappa shape index (κ1) is 14.3. The fraction of sp³-hybridized carbons (Fsp3) is 0.500. The van der Waals surface area contributed by atoms with E-state index >= 15 is 0 Å². The van der Waals surface area contributed by atoms with Crippen molar-refractivity contribution >= 4 is 27.3 Å². The van der Waals surface area contributed by atoms with Crippen molar-refractivity contribution in [3.63, 3.8) is 0 Å². The summed E-state index contributed by atoms with van der Waals surface area (Å²) in [5.41, 5.74) is 0. The van der Waals surface area contributed by atoms with E-state index in [0.29, 0.717) is 13.2 Å². The SMILES string of the molecule is COc1cc(C(=O)N2CCCCO2)sc1S(N)(=O)=O. The van der Waals surface area contributed by atoms with Gasteiger partial charge < -0.3 is 4.74 Å². The number of hydrogen-bond donors (Lipinski definition) is 1. The van der Waals surface area contributed by atoms with Crippen molar-refractivity contribution in [2.75, 3.05) is 20.3 Å². The summed E-state index contributed by atoms with van der Waals surface area (Å²) < 4.78 is 27.5. The molecule has 106 valence electrons. The summed E-state index contributed by atoms with van der Waals surface area (Å²) in [6.45, 7) is 0.972. The Bertz CT molecular complexity index is 575. The molecule has 1 aliphatic heterocycles. The highest BCUT2D eigenvalue weighted by atomic mass is 32.2. The minimum absolute atomic E-state index is 0.0767. The van der Waals surface area contributed by atoms with E-state index in [-0.39, 0.29) is 20.7 Å². The lowest BCUT2D eigenvalue weighted by Gasteiger charge is -2.25. The Labute approximate surface area is 114 Å². The summed E-state index contributed by atoms with van der Waals surface area (Å²) in [6, 6.07) is 1.37. The fourth-order valence-corrected chi connectivity index (χ4v) is 3.64. The minimum Gasteiger partial charge on any atom is -0.494 e. The molecule has 0 radical (unpaired) electrons. The number of carbonyl (C=O) groups excluding carboxylic acids is 1. The second-order valence-corrected chi connectivity index (χ2v) is 6.77. The predicted molar refractivity (Wildman–Crippen MR) is 68.5 cm³/mol. The van der Waals surface area contributed by atoms with Gasteiger partial charge in [-0.25, -0.2) is 18.6 Å². The lowest BCUT2D eigenvalue weighted by Crippen LogP contribution is -2.35. The van der Waals surface area contributed by atoms with Crippen LogP contribution in [0, 0.1) is 0 Å². The third kappa shape index (κ3) is 3.06. The smallest absolute Gasteiger partial charge is 0.287 e. The third-order valence-corrected chi connectivity index (χ3v) is 5.15. The maximum absolute atomic E-state index is 12.1. The van der Waals surface area contributed by atoms with Crippen LogP contribution in [0.1, 0.15) is 22.5 Å². The number of nitrogens with zero attached hydrogens (tertiary/aromatic N) is 1. The molecule has 1 fully saturated rings. The quantitative estimate of drug-likeness (QED) is 0.880. The maximum Gasteiger partial charge on any atom is 0.287 e. The van der Waals surface area contributed by atoms with E-state index < -0.39 is 10.0 Å². The molecule has 9 heteroatoms. The van der Waals surface area contributed by atoms with E-state index in [1.54, 1.807) is 0 Å². The van der Waals surface area contributed by atoms with Crippen LogP contribution in [0.2, 0.25) is 0 Å². The van der Waals surface area contributed by atoms with Crippen molar-refractivity contribution in [3.8, 4) is 5.75 Å². The summed E-state index contributed by atoms with van der Waals surface area (Å²) >= 11 is 0.784. The lowest BCUT2D eigenvalue weighted by molar-refractivity contribution is -0.143. The van der Waals surface area contributed by atoms with E-state index in [1.165, 1.54) is 18.2 Å². The molecule has 0 spiro atoms. The van der Waals surface area contributed by atoms with Gasteiger partial charge in [0.1, 0.15) is 0 Å². The van der Waals surface area contributed by atoms with Crippen molar-refractivity contribution in [1.82, 2.24) is 5.06 Å². The number of primary sulfonamides is 1. The summed E-state index contributed by atoms with van der Waals surface area (Å²) in [5, 5.41) is 6.31. The van der Waals surface area contributed by atoms with E-state index in [9.17, 15) is 13.2 Å². The largest absolute Gasteiger partial charge is 0.494 e. The molecule has 19 heavy (non-hydrogen) atoms. The first-order chi connectivity index (χ1) is 8.93. The molecule has 1 aromatic heterocycles. The molecule has 2 N–H and O–H groups in total. The summed E-state index contributed by atoms with van der Waals surface area (Å²) in [4.78, 5) is 17.6. The highest BCUT2D eigenvalue weighted by molar-refractivity contribution is 7.91. The lowest BCUT2D eigenvalue weighted by atomic mass is 10.3. The molecule has 1 aromatic rings. The highest BCUT2D eigenvalue weighted by Crippen LogP contribution is 2.33. The number of rotatable bonds is 3. The molecule has 2 rings (SSSR count). The van der Waals surface area contributed by atoms with Gasteiger partial charge in [0.2, 0.25) is 0 Å². The van der Waals surface area contributed by atoms with E-state index in [0.717, 1.165) is 24.2 Å². The van der Waals surface area contributed by atoms with Gasteiger partial charge in [-0.15, -0.1) is 11.3 Å². The number of amides is 1. The number of ether oxygens (including phenoxy) is 1. The summed E-state index contributed by atoms with van der Waals surface area (Å²) in [5.74, 6) is -0.300. The maximum atomic E-state index is 12.1. The van der Waals surface area contributed by atoms with Gasteiger partial charge in [0, 0.05) is 12.6 Å². The average Bonchev–Trinajstić information content (AvgIpc) is 2.83. The monoisotopic (exact) mass is 306 g/mol. The van der Waals surface area contributed by atoms with Crippen LogP contribution in [0.4, 0.5) is 0 Å². The van der Waals surface area contributed by atoms with E-state index in [2.05, 4.69) is 0 Å². The first-order valence-corrected chi connectivity index (χ1v) is 7.95. The molecule has 0 atom stereocenters. The van der Waals surface area contributed by atoms with E-state index in [1.807, 2.05) is 0 Å². The van der Waals surface area contributed by atoms with Gasteiger partial charge in [-0.1, -0.05) is 0 Å². The van der Waals surface area contributed by atoms with Crippen LogP contribution in [0.3, 0.4) is 0 Å². The van der Waals surface area contributed by atoms with Gasteiger partial charge in [-0.3, -0.25) is 9.63 Å². The number of sulfonamides is 1. The average molecular weight is 306 g/mol. The second-order valence-electron chi connectivity index (χ2n) is 3.96. The van der Waals surface area contributed by atoms with Crippen LogP contribution in [0.5, 0.6) is 5.75 Å². The Morgan fingerprint density at radius 3 is 2.74 bits per heavy atom. The number of nitrogens with two attached hydrogens (primary N) is 1. The molecule has 1 amide bonds. The van der Waals surface area contributed by atoms with Crippen LogP contribution < -0.4 is 9.88 Å². The van der Waals surface area contributed by atoms with Crippen LogP contribution in [0.15, 0.2) is 10.3 Å². The summed E-state index contributed by atoms with van der Waals surface area (Å²) in [7, 11) is -2.59. The normalized spacial score (nSPS) is 16.4. The molecule has 1 aliphatic rings. The van der Waals surface area contributed by atoms with E-state index in [4.69, 9.17) is 14.7 Å². The zero-order chi connectivity index (χ0) is 14.0. The number of carbonyl (C=O) groups is 1. The van der Waals surface area contributed by atoms with Crippen LogP contribution in [-0.4, -0.2) is 39.6 Å². The molecule has 0 unspecified atom stereocenters. The standard InChI is InChI=1S/C10H14N2O5S2/c1-16-7-6-8(18-10(7)19(11,14)15)9(13)12-4-2-3-5-17-12/h6H,2-5H2,1H3,(H2,11,14,15). The third-order valence-electron chi connectivity index (χ3n) is 2.58. The number of thiophene rings is 1. The van der Waals surface area contributed by atoms with Gasteiger partial charge in [0.15, 0.2) is 9.96 Å². The number of methoxy groups -OCH3 is 1. The number of hydrogen-bond acceptors (Lipinski definition) is 6. The van der Waals surface area contributed by atoms with Gasteiger partial charge in [-0.2, -0.15) is 0 Å². The minimum atomic E-state index is -3.91. The van der Waals surface area contributed by atoms with Gasteiger partial charge in [-0.05, 0) is 12.8 Å². The Hall–Kier alpha value is -1.16. The predicted octanol–water partition coefficient (Wildman–Crippen LogP) is 0.572. The molecule has 1 saturated heterocycles. The Morgan fingerprint density at radius 2 is 2.26 bits per heavy atom. The number of hydroxylamine groups is 2. The zero-order valence-corrected chi connectivity index (χ0v) is 11.9. The first-order valence-electron chi connectivity index (χ1n) is 5.59. The Kier molecular flexibility index (Phi) is 4.09. The van der Waals surface area contributed by atoms with Gasteiger partial charge in [0.25, 0.3) is 15.9 Å². The van der Waals surface area contributed by atoms with Crippen molar-refractivity contribution in [3.05, 3.63) is 10.9 Å². The second kappa shape index (κ2) is 5.45. The molecule has 7 nitrogen and oxygen atoms in total. The summed E-state index contributed by atoms with van der Waals surface area (Å²) in [6.07, 6.45) is 1.76. The van der Waals surface area contributed by atoms with Crippen LogP contribution in [0.25, 0.3) is 0 Å². The molecule has 0 aliphatic carbocycles. The molecule has 0 aromatic carbocycles. The van der Waals surface area contributed by atoms with Crippen LogP contribution in [-0.2, 0) is 14.9 Å². The van der Waals surface area contributed by atoms with Gasteiger partial charge in [0.05, 0.1) is 18.6 Å². The van der Waals surface area contributed by atoms with Crippen molar-refractivity contribution in [2.45, 2.75) is 17.1 Å².